The lowest BCUT2D eigenvalue weighted by atomic mass is 10.2. The number of rotatable bonds is 6. The van der Waals surface area contributed by atoms with E-state index in [1.165, 1.54) is 6.21 Å². The molecule has 0 aliphatic heterocycles. The molecule has 1 N–H and O–H groups in total. The van der Waals surface area contributed by atoms with E-state index in [4.69, 9.17) is 21.1 Å². The first-order valence-electron chi connectivity index (χ1n) is 6.97. The molecule has 120 valence electrons. The van der Waals surface area contributed by atoms with Crippen molar-refractivity contribution in [1.82, 2.24) is 5.43 Å². The topological polar surface area (TPSA) is 59.9 Å². The van der Waals surface area contributed by atoms with Gasteiger partial charge in [-0.15, -0.1) is 0 Å². The molecule has 0 bridgehead atoms. The largest absolute Gasteiger partial charge is 0.497 e. The Morgan fingerprint density at radius 3 is 2.65 bits per heavy atom. The van der Waals surface area contributed by atoms with Crippen molar-refractivity contribution in [3.63, 3.8) is 0 Å². The van der Waals surface area contributed by atoms with E-state index in [-0.39, 0.29) is 5.91 Å². The second kappa shape index (κ2) is 8.19. The summed E-state index contributed by atoms with van der Waals surface area (Å²) in [4.78, 5) is 11.9. The minimum absolute atomic E-state index is 0.348. The number of methoxy groups -OCH3 is 1. The normalized spacial score (nSPS) is 12.0. The Kier molecular flexibility index (Phi) is 6.00. The number of carbonyl (C=O) groups excluding carboxylic acids is 1. The highest BCUT2D eigenvalue weighted by atomic mass is 35.5. The molecular weight excluding hydrogens is 316 g/mol. The van der Waals surface area contributed by atoms with Crippen LogP contribution in [0.15, 0.2) is 53.6 Å². The maximum atomic E-state index is 11.9. The smallest absolute Gasteiger partial charge is 0.280 e. The molecule has 0 aliphatic rings. The number of carbonyl (C=O) groups is 1. The lowest BCUT2D eigenvalue weighted by molar-refractivity contribution is -0.127. The van der Waals surface area contributed by atoms with Gasteiger partial charge in [0, 0.05) is 5.02 Å². The molecule has 0 aliphatic carbocycles. The second-order valence-corrected chi connectivity index (χ2v) is 5.16. The fourth-order valence-corrected chi connectivity index (χ4v) is 1.88. The van der Waals surface area contributed by atoms with Crippen LogP contribution in [0, 0.1) is 0 Å². The molecule has 0 aromatic heterocycles. The molecule has 2 aromatic rings. The van der Waals surface area contributed by atoms with Crippen LogP contribution in [0.5, 0.6) is 11.5 Å². The van der Waals surface area contributed by atoms with Crippen LogP contribution in [-0.4, -0.2) is 25.3 Å². The molecule has 6 heteroatoms. The number of hydrogen-bond acceptors (Lipinski definition) is 4. The third-order valence-electron chi connectivity index (χ3n) is 2.98. The quantitative estimate of drug-likeness (QED) is 0.652. The summed E-state index contributed by atoms with van der Waals surface area (Å²) in [5.74, 6) is 0.938. The number of halogens is 1. The average molecular weight is 333 g/mol. The molecule has 23 heavy (non-hydrogen) atoms. The van der Waals surface area contributed by atoms with E-state index in [1.807, 2.05) is 24.3 Å². The van der Waals surface area contributed by atoms with Gasteiger partial charge < -0.3 is 9.47 Å². The molecular formula is C17H17ClN2O3. The first-order valence-corrected chi connectivity index (χ1v) is 7.35. The molecule has 5 nitrogen and oxygen atoms in total. The highest BCUT2D eigenvalue weighted by Crippen LogP contribution is 2.16. The molecule has 2 aromatic carbocycles. The standard InChI is InChI=1S/C17H17ClN2O3/c1-12(23-15-8-6-14(18)7-9-15)17(21)20-19-11-13-4-3-5-16(10-13)22-2/h3-12H,1-2H3,(H,20,21)/b19-11-. The van der Waals surface area contributed by atoms with E-state index in [1.54, 1.807) is 38.3 Å². The third kappa shape index (κ3) is 5.30. The third-order valence-corrected chi connectivity index (χ3v) is 3.23. The van der Waals surface area contributed by atoms with Crippen LogP contribution < -0.4 is 14.9 Å². The van der Waals surface area contributed by atoms with Gasteiger partial charge in [-0.3, -0.25) is 4.79 Å². The number of ether oxygens (including phenoxy) is 2. The predicted octanol–water partition coefficient (Wildman–Crippen LogP) is 3.27. The number of benzene rings is 2. The summed E-state index contributed by atoms with van der Waals surface area (Å²) in [5.41, 5.74) is 3.25. The van der Waals surface area contributed by atoms with E-state index in [0.717, 1.165) is 11.3 Å². The van der Waals surface area contributed by atoms with Gasteiger partial charge in [-0.2, -0.15) is 5.10 Å². The maximum Gasteiger partial charge on any atom is 0.280 e. The number of nitrogens with zero attached hydrogens (tertiary/aromatic N) is 1. The van der Waals surface area contributed by atoms with E-state index >= 15 is 0 Å². The molecule has 0 fully saturated rings. The molecule has 0 spiro atoms. The Morgan fingerprint density at radius 2 is 1.96 bits per heavy atom. The molecule has 0 saturated heterocycles. The van der Waals surface area contributed by atoms with Crippen LogP contribution in [0.1, 0.15) is 12.5 Å². The Balaban J connectivity index is 1.88. The highest BCUT2D eigenvalue weighted by Gasteiger charge is 2.13. The number of nitrogens with one attached hydrogen (secondary N) is 1. The van der Waals surface area contributed by atoms with Crippen LogP contribution in [0.2, 0.25) is 5.02 Å². The lowest BCUT2D eigenvalue weighted by Gasteiger charge is -2.12. The van der Waals surface area contributed by atoms with E-state index in [9.17, 15) is 4.79 Å². The van der Waals surface area contributed by atoms with Gasteiger partial charge in [0.15, 0.2) is 6.10 Å². The SMILES string of the molecule is COc1cccc(/C=N\NC(=O)C(C)Oc2ccc(Cl)cc2)c1. The first-order chi connectivity index (χ1) is 11.1. The zero-order valence-electron chi connectivity index (χ0n) is 12.8. The van der Waals surface area contributed by atoms with Crippen molar-refractivity contribution >= 4 is 23.7 Å². The Labute approximate surface area is 139 Å². The zero-order chi connectivity index (χ0) is 16.7. The molecule has 1 unspecified atom stereocenters. The maximum absolute atomic E-state index is 11.9. The summed E-state index contributed by atoms with van der Waals surface area (Å²) in [6, 6.07) is 14.1. The Bertz CT molecular complexity index is 686. The van der Waals surface area contributed by atoms with Crippen molar-refractivity contribution in [1.29, 1.82) is 0 Å². The van der Waals surface area contributed by atoms with Crippen molar-refractivity contribution < 1.29 is 14.3 Å². The van der Waals surface area contributed by atoms with Crippen molar-refractivity contribution in [2.45, 2.75) is 13.0 Å². The number of hydrazone groups is 1. The number of amides is 1. The first kappa shape index (κ1) is 16.8. The predicted molar refractivity (Wildman–Crippen MR) is 90.3 cm³/mol. The average Bonchev–Trinajstić information content (AvgIpc) is 2.57. The fraction of sp³-hybridized carbons (Fsp3) is 0.176. The van der Waals surface area contributed by atoms with Gasteiger partial charge in [0.05, 0.1) is 13.3 Å². The van der Waals surface area contributed by atoms with E-state index in [2.05, 4.69) is 10.5 Å². The van der Waals surface area contributed by atoms with Gasteiger partial charge in [-0.1, -0.05) is 23.7 Å². The molecule has 0 radical (unpaired) electrons. The monoisotopic (exact) mass is 332 g/mol. The van der Waals surface area contributed by atoms with Gasteiger partial charge in [-0.05, 0) is 48.9 Å². The van der Waals surface area contributed by atoms with Crippen LogP contribution in [0.25, 0.3) is 0 Å². The van der Waals surface area contributed by atoms with Crippen molar-refractivity contribution in [3.05, 3.63) is 59.1 Å². The molecule has 0 heterocycles. The zero-order valence-corrected chi connectivity index (χ0v) is 13.6. The van der Waals surface area contributed by atoms with Gasteiger partial charge in [0.25, 0.3) is 5.91 Å². The van der Waals surface area contributed by atoms with Crippen LogP contribution >= 0.6 is 11.6 Å². The lowest BCUT2D eigenvalue weighted by Crippen LogP contribution is -2.33. The summed E-state index contributed by atoms with van der Waals surface area (Å²) >= 11 is 5.80. The Hall–Kier alpha value is -2.53. The summed E-state index contributed by atoms with van der Waals surface area (Å²) in [6.45, 7) is 1.64. The highest BCUT2D eigenvalue weighted by molar-refractivity contribution is 6.30. The summed E-state index contributed by atoms with van der Waals surface area (Å²) in [6.07, 6.45) is 0.855. The molecule has 2 rings (SSSR count). The van der Waals surface area contributed by atoms with Crippen LogP contribution in [-0.2, 0) is 4.79 Å². The summed E-state index contributed by atoms with van der Waals surface area (Å²) in [5, 5.41) is 4.52. The van der Waals surface area contributed by atoms with Crippen molar-refractivity contribution in [2.24, 2.45) is 5.10 Å². The van der Waals surface area contributed by atoms with Crippen LogP contribution in [0.3, 0.4) is 0 Å². The fourth-order valence-electron chi connectivity index (χ4n) is 1.75. The van der Waals surface area contributed by atoms with Gasteiger partial charge in [-0.25, -0.2) is 5.43 Å². The minimum Gasteiger partial charge on any atom is -0.497 e. The molecule has 0 saturated carbocycles. The van der Waals surface area contributed by atoms with E-state index < -0.39 is 6.10 Å². The van der Waals surface area contributed by atoms with E-state index in [0.29, 0.717) is 10.8 Å². The van der Waals surface area contributed by atoms with Crippen molar-refractivity contribution in [3.8, 4) is 11.5 Å². The number of hydrogen-bond donors (Lipinski definition) is 1. The van der Waals surface area contributed by atoms with Gasteiger partial charge in [0.2, 0.25) is 0 Å². The summed E-state index contributed by atoms with van der Waals surface area (Å²) in [7, 11) is 1.59. The van der Waals surface area contributed by atoms with Gasteiger partial charge in [0.1, 0.15) is 11.5 Å². The van der Waals surface area contributed by atoms with Gasteiger partial charge >= 0.3 is 0 Å². The Morgan fingerprint density at radius 1 is 1.22 bits per heavy atom. The molecule has 1 amide bonds. The van der Waals surface area contributed by atoms with Crippen LogP contribution in [0.4, 0.5) is 0 Å². The second-order valence-electron chi connectivity index (χ2n) is 4.72. The minimum atomic E-state index is -0.682. The molecule has 1 atom stereocenters. The van der Waals surface area contributed by atoms with Crippen molar-refractivity contribution in [2.75, 3.05) is 7.11 Å². The summed E-state index contributed by atoms with van der Waals surface area (Å²) < 4.78 is 10.6.